The number of halogens is 1. The fourth-order valence-corrected chi connectivity index (χ4v) is 6.72. The maximum absolute atomic E-state index is 14.4. The lowest BCUT2D eigenvalue weighted by molar-refractivity contribution is -0.00834. The van der Waals surface area contributed by atoms with Crippen LogP contribution in [0.5, 0.6) is 5.75 Å². The van der Waals surface area contributed by atoms with E-state index in [0.29, 0.717) is 48.0 Å². The summed E-state index contributed by atoms with van der Waals surface area (Å²) in [4.78, 5) is 28.7. The molecule has 4 atom stereocenters. The Kier molecular flexibility index (Phi) is 12.8. The Labute approximate surface area is 286 Å². The van der Waals surface area contributed by atoms with Gasteiger partial charge in [-0.05, 0) is 89.4 Å². The zero-order chi connectivity index (χ0) is 35.9. The first-order valence-electron chi connectivity index (χ1n) is 16.3. The average Bonchev–Trinajstić information content (AvgIpc) is 3.38. The van der Waals surface area contributed by atoms with Crippen molar-refractivity contribution in [1.29, 1.82) is 0 Å². The molecule has 3 amide bonds. The summed E-state index contributed by atoms with van der Waals surface area (Å²) >= 11 is 0. The fourth-order valence-electron chi connectivity index (χ4n) is 5.54. The van der Waals surface area contributed by atoms with E-state index in [4.69, 9.17) is 14.0 Å². The topological polar surface area (TPSA) is 164 Å². The number of sulfonamides is 1. The highest BCUT2D eigenvalue weighted by Gasteiger charge is 2.32. The van der Waals surface area contributed by atoms with Crippen molar-refractivity contribution in [2.45, 2.75) is 77.0 Å². The number of ether oxygens (including phenoxy) is 2. The molecular weight excluding hydrogens is 657 g/mol. The van der Waals surface area contributed by atoms with Gasteiger partial charge in [0.1, 0.15) is 22.9 Å². The van der Waals surface area contributed by atoms with E-state index in [0.717, 1.165) is 18.6 Å². The van der Waals surface area contributed by atoms with Crippen LogP contribution < -0.4 is 15.4 Å². The Bertz CT molecular complexity index is 1680. The van der Waals surface area contributed by atoms with Gasteiger partial charge >= 0.3 is 6.03 Å². The largest absolute Gasteiger partial charge is 0.490 e. The van der Waals surface area contributed by atoms with Gasteiger partial charge < -0.3 is 34.6 Å². The van der Waals surface area contributed by atoms with Gasteiger partial charge in [-0.15, -0.1) is 0 Å². The second-order valence-corrected chi connectivity index (χ2v) is 14.6. The maximum atomic E-state index is 14.4. The fraction of sp³-hybridized carbons (Fsp3) is 0.500. The summed E-state index contributed by atoms with van der Waals surface area (Å²) in [5, 5.41) is 19.5. The van der Waals surface area contributed by atoms with Crippen LogP contribution in [0.15, 0.2) is 51.9 Å². The number of aromatic nitrogens is 1. The average molecular weight is 704 g/mol. The molecular formula is C34H46FN5O8S. The highest BCUT2D eigenvalue weighted by molar-refractivity contribution is 7.89. The van der Waals surface area contributed by atoms with Crippen LogP contribution in [-0.4, -0.2) is 91.4 Å². The molecule has 0 saturated carbocycles. The molecule has 3 aromatic rings. The van der Waals surface area contributed by atoms with Gasteiger partial charge in [-0.25, -0.2) is 17.6 Å². The molecule has 1 aromatic heterocycles. The van der Waals surface area contributed by atoms with Crippen LogP contribution in [0.25, 0.3) is 0 Å². The number of hydrogen-bond donors (Lipinski definition) is 3. The number of hydrogen-bond acceptors (Lipinski definition) is 9. The molecule has 1 aliphatic heterocycles. The number of aryl methyl sites for hydroxylation is 2. The Morgan fingerprint density at radius 2 is 1.86 bits per heavy atom. The standard InChI is InChI=1S/C34H46FN5O8S/c1-21-18-40(22(2)20-41)33(42)29-17-27(36-34(43)37-32-24(4)38-48-25(32)5)12-15-30(29)47-23(3)9-7-8-16-46-31(21)19-39(6)49(44,45)28-13-10-26(35)11-14-28/h10-15,17,21-23,31,41H,7-9,16,18-20H2,1-6H3,(H2,36,37,43)/t21-,22+,23+,31+/m0/s1. The van der Waals surface area contributed by atoms with E-state index >= 15 is 0 Å². The minimum absolute atomic E-state index is 0.0270. The first kappa shape index (κ1) is 37.8. The zero-order valence-corrected chi connectivity index (χ0v) is 29.5. The first-order chi connectivity index (χ1) is 23.2. The summed E-state index contributed by atoms with van der Waals surface area (Å²) in [5.41, 5.74) is 1.46. The normalized spacial score (nSPS) is 20.2. The molecule has 4 rings (SSSR count). The van der Waals surface area contributed by atoms with Crippen molar-refractivity contribution in [2.24, 2.45) is 5.92 Å². The molecule has 49 heavy (non-hydrogen) atoms. The zero-order valence-electron chi connectivity index (χ0n) is 28.7. The number of aliphatic hydroxyl groups excluding tert-OH is 1. The summed E-state index contributed by atoms with van der Waals surface area (Å²) in [6, 6.07) is 8.22. The summed E-state index contributed by atoms with van der Waals surface area (Å²) < 4.78 is 59.0. The Morgan fingerprint density at radius 3 is 2.51 bits per heavy atom. The van der Waals surface area contributed by atoms with Gasteiger partial charge in [0.25, 0.3) is 5.91 Å². The number of carbonyl (C=O) groups excluding carboxylic acids is 2. The van der Waals surface area contributed by atoms with E-state index in [2.05, 4.69) is 15.8 Å². The van der Waals surface area contributed by atoms with Crippen LogP contribution >= 0.6 is 0 Å². The van der Waals surface area contributed by atoms with E-state index in [1.165, 1.54) is 34.5 Å². The molecule has 2 heterocycles. The lowest BCUT2D eigenvalue weighted by atomic mass is 10.0. The first-order valence-corrected chi connectivity index (χ1v) is 17.7. The van der Waals surface area contributed by atoms with Crippen molar-refractivity contribution >= 4 is 33.3 Å². The lowest BCUT2D eigenvalue weighted by Crippen LogP contribution is -2.48. The van der Waals surface area contributed by atoms with Crippen molar-refractivity contribution in [1.82, 2.24) is 14.4 Å². The summed E-state index contributed by atoms with van der Waals surface area (Å²) in [7, 11) is -2.53. The van der Waals surface area contributed by atoms with Crippen LogP contribution in [-0.2, 0) is 14.8 Å². The van der Waals surface area contributed by atoms with E-state index in [9.17, 15) is 27.5 Å². The molecule has 0 unspecified atom stereocenters. The van der Waals surface area contributed by atoms with E-state index in [-0.39, 0.29) is 36.3 Å². The predicted molar refractivity (Wildman–Crippen MR) is 182 cm³/mol. The Morgan fingerprint density at radius 1 is 1.14 bits per heavy atom. The van der Waals surface area contributed by atoms with Crippen LogP contribution in [0.2, 0.25) is 0 Å². The lowest BCUT2D eigenvalue weighted by Gasteiger charge is -2.35. The highest BCUT2D eigenvalue weighted by atomic mass is 32.2. The molecule has 0 saturated heterocycles. The molecule has 13 nitrogen and oxygen atoms in total. The van der Waals surface area contributed by atoms with Gasteiger partial charge in [0.05, 0.1) is 35.3 Å². The molecule has 1 aliphatic rings. The number of benzene rings is 2. The monoisotopic (exact) mass is 703 g/mol. The smallest absolute Gasteiger partial charge is 0.323 e. The molecule has 2 aromatic carbocycles. The third kappa shape index (κ3) is 9.56. The summed E-state index contributed by atoms with van der Waals surface area (Å²) in [6.07, 6.45) is 1.22. The van der Waals surface area contributed by atoms with Gasteiger partial charge in [0.15, 0.2) is 5.76 Å². The van der Waals surface area contributed by atoms with Gasteiger partial charge in [0.2, 0.25) is 10.0 Å². The molecule has 0 aliphatic carbocycles. The number of likely N-dealkylation sites (N-methyl/N-ethyl adjacent to an activating group) is 1. The molecule has 0 spiro atoms. The number of aliphatic hydroxyl groups is 1. The number of amides is 3. The number of nitrogens with one attached hydrogen (secondary N) is 2. The number of anilines is 2. The summed E-state index contributed by atoms with van der Waals surface area (Å²) in [6.45, 7) is 8.94. The second-order valence-electron chi connectivity index (χ2n) is 12.5. The molecule has 0 bridgehead atoms. The summed E-state index contributed by atoms with van der Waals surface area (Å²) in [5.74, 6) is -0.617. The second kappa shape index (κ2) is 16.6. The third-order valence-corrected chi connectivity index (χ3v) is 10.4. The Hall–Kier alpha value is -4.05. The number of nitrogens with zero attached hydrogens (tertiary/aromatic N) is 3. The van der Waals surface area contributed by atoms with Crippen LogP contribution in [0.4, 0.5) is 20.6 Å². The van der Waals surface area contributed by atoms with Crippen molar-refractivity contribution in [3.05, 3.63) is 65.3 Å². The Balaban J connectivity index is 1.63. The quantitative estimate of drug-likeness (QED) is 0.287. The third-order valence-electron chi connectivity index (χ3n) is 8.54. The number of urea groups is 1. The molecule has 268 valence electrons. The van der Waals surface area contributed by atoms with E-state index in [1.807, 2.05) is 13.8 Å². The van der Waals surface area contributed by atoms with Crippen molar-refractivity contribution in [3.63, 3.8) is 0 Å². The number of fused-ring (bicyclic) bond motifs is 1. The van der Waals surface area contributed by atoms with Crippen LogP contribution in [0.3, 0.4) is 0 Å². The van der Waals surface area contributed by atoms with Crippen LogP contribution in [0, 0.1) is 25.6 Å². The van der Waals surface area contributed by atoms with Crippen molar-refractivity contribution in [3.8, 4) is 5.75 Å². The van der Waals surface area contributed by atoms with E-state index in [1.54, 1.807) is 32.9 Å². The molecule has 15 heteroatoms. The van der Waals surface area contributed by atoms with Gasteiger partial charge in [0, 0.05) is 38.3 Å². The predicted octanol–water partition coefficient (Wildman–Crippen LogP) is 5.19. The van der Waals surface area contributed by atoms with Gasteiger partial charge in [-0.3, -0.25) is 4.79 Å². The van der Waals surface area contributed by atoms with Crippen molar-refractivity contribution < 1.29 is 41.5 Å². The SMILES string of the molecule is Cc1noc(C)c1NC(=O)Nc1ccc2c(c1)C(=O)N([C@H](C)CO)C[C@H](C)[C@@H](CN(C)S(=O)(=O)c1ccc(F)cc1)OCCCC[C@@H](C)O2. The van der Waals surface area contributed by atoms with Gasteiger partial charge in [-0.2, -0.15) is 4.31 Å². The number of carbonyl (C=O) groups is 2. The molecule has 0 radical (unpaired) electrons. The van der Waals surface area contributed by atoms with Crippen LogP contribution in [0.1, 0.15) is 61.8 Å². The molecule has 0 fully saturated rings. The van der Waals surface area contributed by atoms with E-state index < -0.39 is 45.8 Å². The maximum Gasteiger partial charge on any atom is 0.323 e. The van der Waals surface area contributed by atoms with Gasteiger partial charge in [-0.1, -0.05) is 12.1 Å². The minimum atomic E-state index is -3.97. The highest BCUT2D eigenvalue weighted by Crippen LogP contribution is 2.29. The minimum Gasteiger partial charge on any atom is -0.490 e. The molecule has 3 N–H and O–H groups in total. The van der Waals surface area contributed by atoms with Crippen molar-refractivity contribution in [2.75, 3.05) is 44.0 Å². The number of rotatable bonds is 8.